The molecule has 0 atom stereocenters. The molecule has 0 unspecified atom stereocenters. The number of carbonyl (C=O) groups is 2. The molecule has 0 spiro atoms. The zero-order valence-electron chi connectivity index (χ0n) is 23.6. The van der Waals surface area contributed by atoms with Gasteiger partial charge in [-0.1, -0.05) is 54.2 Å². The summed E-state index contributed by atoms with van der Waals surface area (Å²) in [6, 6.07) is 18.4. The maximum atomic E-state index is 12.8. The predicted octanol–water partition coefficient (Wildman–Crippen LogP) is 7.14. The molecule has 0 N–H and O–H groups in total. The Morgan fingerprint density at radius 3 is 2.35 bits per heavy atom. The number of para-hydroxylation sites is 1. The van der Waals surface area contributed by atoms with Gasteiger partial charge in [0.25, 0.3) is 0 Å². The van der Waals surface area contributed by atoms with Crippen LogP contribution in [-0.2, 0) is 22.4 Å². The van der Waals surface area contributed by atoms with E-state index in [0.29, 0.717) is 29.1 Å². The molecule has 46 heavy (non-hydrogen) atoms. The van der Waals surface area contributed by atoms with E-state index >= 15 is 0 Å². The van der Waals surface area contributed by atoms with Gasteiger partial charge in [0, 0.05) is 18.4 Å². The molecule has 1 saturated heterocycles. The predicted molar refractivity (Wildman–Crippen MR) is 157 cm³/mol. The van der Waals surface area contributed by atoms with Crippen LogP contribution in [0.5, 0.6) is 5.75 Å². The molecule has 5 rings (SSSR count). The summed E-state index contributed by atoms with van der Waals surface area (Å²) in [5.74, 6) is -0.423. The van der Waals surface area contributed by atoms with E-state index in [9.17, 15) is 35.9 Å². The van der Waals surface area contributed by atoms with E-state index in [1.807, 2.05) is 0 Å². The number of hydrogen-bond donors (Lipinski definition) is 0. The lowest BCUT2D eigenvalue weighted by Crippen LogP contribution is -2.31. The van der Waals surface area contributed by atoms with Crippen LogP contribution in [0.15, 0.2) is 84.1 Å². The van der Waals surface area contributed by atoms with Crippen LogP contribution in [0, 0.1) is 0 Å². The number of aryl methyl sites for hydroxylation is 1. The number of carbonyl (C=O) groups excluding carboxylic acids is 2. The fraction of sp³-hybridized carbons (Fsp3) is 0.233. The van der Waals surface area contributed by atoms with Gasteiger partial charge < -0.3 is 9.47 Å². The van der Waals surface area contributed by atoms with Crippen LogP contribution in [-0.4, -0.2) is 56.8 Å². The quantitative estimate of drug-likeness (QED) is 0.176. The molecule has 0 radical (unpaired) electrons. The summed E-state index contributed by atoms with van der Waals surface area (Å²) in [6.45, 7) is -0.0311. The van der Waals surface area contributed by atoms with Crippen LogP contribution in [0.3, 0.4) is 0 Å². The summed E-state index contributed by atoms with van der Waals surface area (Å²) in [4.78, 5) is 34.3. The molecule has 0 aliphatic carbocycles. The Kier molecular flexibility index (Phi) is 9.65. The highest BCUT2D eigenvalue weighted by molar-refractivity contribution is 8.15. The van der Waals surface area contributed by atoms with Gasteiger partial charge >= 0.3 is 18.6 Å². The molecule has 1 aliphatic rings. The van der Waals surface area contributed by atoms with Gasteiger partial charge in [-0.2, -0.15) is 18.2 Å². The number of hydrogen-bond acceptors (Lipinski definition) is 7. The van der Waals surface area contributed by atoms with Crippen LogP contribution in [0.4, 0.5) is 36.8 Å². The number of aromatic nitrogens is 3. The van der Waals surface area contributed by atoms with Crippen molar-refractivity contribution < 1.29 is 45.4 Å². The molecule has 1 aliphatic heterocycles. The highest BCUT2D eigenvalue weighted by Gasteiger charge is 2.34. The number of thioether (sulfide) groups is 1. The number of halogens is 6. The van der Waals surface area contributed by atoms with Crippen molar-refractivity contribution in [1.29, 1.82) is 0 Å². The number of benzene rings is 3. The SMILES string of the molecule is O=C(/N=C1\SCC(=O)N1c1ccccc1CCC(F)(F)F)OCCc1ccc(-c2ncn(-c3ccc(OC(F)(F)F)cc3)n2)cc1. The van der Waals surface area contributed by atoms with E-state index in [4.69, 9.17) is 4.74 Å². The summed E-state index contributed by atoms with van der Waals surface area (Å²) < 4.78 is 86.1. The van der Waals surface area contributed by atoms with Gasteiger partial charge in [-0.05, 0) is 47.9 Å². The minimum absolute atomic E-state index is 0.0244. The zero-order valence-corrected chi connectivity index (χ0v) is 24.4. The van der Waals surface area contributed by atoms with Crippen molar-refractivity contribution in [2.75, 3.05) is 17.3 Å². The van der Waals surface area contributed by atoms with Gasteiger partial charge in [-0.25, -0.2) is 14.5 Å². The summed E-state index contributed by atoms with van der Waals surface area (Å²) in [7, 11) is 0. The van der Waals surface area contributed by atoms with E-state index < -0.39 is 31.0 Å². The van der Waals surface area contributed by atoms with Crippen LogP contribution in [0.1, 0.15) is 17.5 Å². The van der Waals surface area contributed by atoms with Gasteiger partial charge in [-0.3, -0.25) is 9.69 Å². The fourth-order valence-corrected chi connectivity index (χ4v) is 5.26. The first-order chi connectivity index (χ1) is 21.8. The smallest absolute Gasteiger partial charge is 0.448 e. The van der Waals surface area contributed by atoms with E-state index in [-0.39, 0.29) is 35.4 Å². The summed E-state index contributed by atoms with van der Waals surface area (Å²) in [6.07, 6.45) is -9.74. The molecular weight excluding hydrogens is 640 g/mol. The number of aliphatic imine (C=N–C) groups is 1. The molecule has 2 amide bonds. The average Bonchev–Trinajstić information content (AvgIpc) is 3.63. The van der Waals surface area contributed by atoms with Crippen molar-refractivity contribution in [3.63, 3.8) is 0 Å². The second-order valence-corrected chi connectivity index (χ2v) is 10.7. The highest BCUT2D eigenvalue weighted by atomic mass is 32.2. The molecule has 240 valence electrons. The second kappa shape index (κ2) is 13.6. The maximum Gasteiger partial charge on any atom is 0.573 e. The van der Waals surface area contributed by atoms with Crippen LogP contribution >= 0.6 is 11.8 Å². The molecule has 9 nitrogen and oxygen atoms in total. The third-order valence-electron chi connectivity index (χ3n) is 6.52. The third kappa shape index (κ3) is 8.65. The largest absolute Gasteiger partial charge is 0.573 e. The van der Waals surface area contributed by atoms with E-state index in [1.54, 1.807) is 36.4 Å². The highest BCUT2D eigenvalue weighted by Crippen LogP contribution is 2.32. The minimum atomic E-state index is -4.79. The molecule has 0 bridgehead atoms. The lowest BCUT2D eigenvalue weighted by Gasteiger charge is -2.20. The number of ether oxygens (including phenoxy) is 2. The summed E-state index contributed by atoms with van der Waals surface area (Å²) >= 11 is 0.989. The molecule has 1 aromatic heterocycles. The second-order valence-electron chi connectivity index (χ2n) is 9.77. The number of nitrogens with zero attached hydrogens (tertiary/aromatic N) is 5. The van der Waals surface area contributed by atoms with Crippen LogP contribution in [0.2, 0.25) is 0 Å². The van der Waals surface area contributed by atoms with Gasteiger partial charge in [0.15, 0.2) is 11.0 Å². The van der Waals surface area contributed by atoms with E-state index in [0.717, 1.165) is 22.2 Å². The molecule has 3 aromatic carbocycles. The van der Waals surface area contributed by atoms with Crippen molar-refractivity contribution in [2.24, 2.45) is 4.99 Å². The minimum Gasteiger partial charge on any atom is -0.448 e. The van der Waals surface area contributed by atoms with Gasteiger partial charge in [0.1, 0.15) is 12.1 Å². The number of amidine groups is 1. The maximum absolute atomic E-state index is 12.8. The third-order valence-corrected chi connectivity index (χ3v) is 7.44. The van der Waals surface area contributed by atoms with Crippen molar-refractivity contribution in [2.45, 2.75) is 31.8 Å². The Bertz CT molecular complexity index is 1720. The Labute approximate surface area is 261 Å². The summed E-state index contributed by atoms with van der Waals surface area (Å²) in [5, 5.41) is 4.38. The van der Waals surface area contributed by atoms with Gasteiger partial charge in [0.2, 0.25) is 5.91 Å². The molecule has 2 heterocycles. The average molecular weight is 664 g/mol. The Morgan fingerprint density at radius 1 is 0.935 bits per heavy atom. The molecule has 16 heteroatoms. The number of rotatable bonds is 9. The normalized spacial score (nSPS) is 14.6. The zero-order chi connectivity index (χ0) is 32.9. The first-order valence-electron chi connectivity index (χ1n) is 13.6. The van der Waals surface area contributed by atoms with Gasteiger partial charge in [0.05, 0.1) is 23.7 Å². The first kappa shape index (κ1) is 32.5. The molecule has 4 aromatic rings. The van der Waals surface area contributed by atoms with Crippen molar-refractivity contribution in [3.8, 4) is 22.8 Å². The molecular formula is C30H23F6N5O4S. The van der Waals surface area contributed by atoms with Crippen molar-refractivity contribution in [1.82, 2.24) is 14.8 Å². The number of anilines is 1. The lowest BCUT2D eigenvalue weighted by atomic mass is 10.1. The topological polar surface area (TPSA) is 98.9 Å². The lowest BCUT2D eigenvalue weighted by molar-refractivity contribution is -0.274. The van der Waals surface area contributed by atoms with Crippen LogP contribution < -0.4 is 9.64 Å². The first-order valence-corrected chi connectivity index (χ1v) is 14.6. The Hall–Kier alpha value is -4.86. The monoisotopic (exact) mass is 663 g/mol. The fourth-order valence-electron chi connectivity index (χ4n) is 4.41. The standard InChI is InChI=1S/C30H23F6N5O4S/c31-29(32,33)15-13-20-3-1-2-4-24(20)41-25(42)17-46-27(41)38-28(43)44-16-14-19-5-7-21(8-6-19)26-37-18-40(39-26)22-9-11-23(12-10-22)45-30(34,35)36/h1-12,18H,13-17H2/b38-27-. The van der Waals surface area contributed by atoms with Gasteiger partial charge in [-0.15, -0.1) is 18.3 Å². The molecule has 0 saturated carbocycles. The van der Waals surface area contributed by atoms with Crippen LogP contribution in [0.25, 0.3) is 17.1 Å². The molecule has 1 fully saturated rings. The van der Waals surface area contributed by atoms with E-state index in [1.165, 1.54) is 47.4 Å². The van der Waals surface area contributed by atoms with Crippen molar-refractivity contribution in [3.05, 3.63) is 90.3 Å². The summed E-state index contributed by atoms with van der Waals surface area (Å²) in [5.41, 5.74) is 2.50. The number of alkyl halides is 6. The van der Waals surface area contributed by atoms with E-state index in [2.05, 4.69) is 19.8 Å². The van der Waals surface area contributed by atoms with Crippen molar-refractivity contribution >= 4 is 34.6 Å². The Morgan fingerprint density at radius 2 is 1.65 bits per heavy atom. The Balaban J connectivity index is 1.16. The number of amides is 2.